The maximum atomic E-state index is 12.3. The van der Waals surface area contributed by atoms with Crippen LogP contribution in [0.1, 0.15) is 39.5 Å². The highest BCUT2D eigenvalue weighted by atomic mass is 32.2. The smallest absolute Gasteiger partial charge is 0.246 e. The van der Waals surface area contributed by atoms with Gasteiger partial charge in [-0.1, -0.05) is 13.8 Å². The van der Waals surface area contributed by atoms with Gasteiger partial charge in [0.25, 0.3) is 0 Å². The fourth-order valence-corrected chi connectivity index (χ4v) is 3.81. The van der Waals surface area contributed by atoms with Crippen LogP contribution in [0, 0.1) is 5.41 Å². The first-order valence-electron chi connectivity index (χ1n) is 6.30. The Morgan fingerprint density at radius 1 is 1.39 bits per heavy atom. The Bertz CT molecular complexity index is 483. The number of H-pyrrole nitrogens is 1. The topological polar surface area (TPSA) is 66.1 Å². The van der Waals surface area contributed by atoms with Crippen LogP contribution in [0.5, 0.6) is 0 Å². The Hall–Kier alpha value is -0.880. The normalized spacial score (nSPS) is 21.3. The lowest BCUT2D eigenvalue weighted by Crippen LogP contribution is -2.40. The van der Waals surface area contributed by atoms with Crippen molar-refractivity contribution < 1.29 is 8.42 Å². The second kappa shape index (κ2) is 4.66. The van der Waals surface area contributed by atoms with Crippen molar-refractivity contribution in [2.24, 2.45) is 5.41 Å². The molecule has 0 radical (unpaired) electrons. The van der Waals surface area contributed by atoms with Crippen LogP contribution in [0.4, 0.5) is 0 Å². The molecule has 5 nitrogen and oxygen atoms in total. The van der Waals surface area contributed by atoms with E-state index in [0.717, 1.165) is 25.7 Å². The van der Waals surface area contributed by atoms with E-state index < -0.39 is 10.0 Å². The molecule has 6 heteroatoms. The summed E-state index contributed by atoms with van der Waals surface area (Å²) in [6.45, 7) is 4.49. The van der Waals surface area contributed by atoms with E-state index in [1.165, 1.54) is 16.7 Å². The fourth-order valence-electron chi connectivity index (χ4n) is 2.49. The van der Waals surface area contributed by atoms with E-state index in [1.54, 1.807) is 7.05 Å². The van der Waals surface area contributed by atoms with Crippen LogP contribution in [0.2, 0.25) is 0 Å². The van der Waals surface area contributed by atoms with Gasteiger partial charge in [-0.15, -0.1) is 0 Å². The second-order valence-corrected chi connectivity index (χ2v) is 7.85. The Morgan fingerprint density at radius 3 is 2.50 bits per heavy atom. The van der Waals surface area contributed by atoms with Crippen molar-refractivity contribution in [3.8, 4) is 0 Å². The molecule has 1 saturated carbocycles. The molecule has 1 heterocycles. The van der Waals surface area contributed by atoms with E-state index in [4.69, 9.17) is 0 Å². The average Bonchev–Trinajstić information content (AvgIpc) is 2.82. The molecule has 0 aliphatic heterocycles. The molecule has 0 amide bonds. The van der Waals surface area contributed by atoms with E-state index in [0.29, 0.717) is 5.41 Å². The van der Waals surface area contributed by atoms with Gasteiger partial charge in [-0.25, -0.2) is 8.42 Å². The zero-order chi connectivity index (χ0) is 13.4. The predicted molar refractivity (Wildman–Crippen MR) is 69.6 cm³/mol. The first-order valence-corrected chi connectivity index (χ1v) is 7.74. The minimum atomic E-state index is -3.39. The van der Waals surface area contributed by atoms with Crippen molar-refractivity contribution in [2.75, 3.05) is 7.05 Å². The number of aromatic amines is 1. The summed E-state index contributed by atoms with van der Waals surface area (Å²) >= 11 is 0. The molecule has 102 valence electrons. The third-order valence-corrected chi connectivity index (χ3v) is 5.85. The molecule has 1 N–H and O–H groups in total. The van der Waals surface area contributed by atoms with Crippen LogP contribution in [-0.4, -0.2) is 36.0 Å². The van der Waals surface area contributed by atoms with Crippen molar-refractivity contribution in [3.05, 3.63) is 12.4 Å². The van der Waals surface area contributed by atoms with E-state index >= 15 is 0 Å². The number of hydrogen-bond donors (Lipinski definition) is 1. The van der Waals surface area contributed by atoms with Crippen LogP contribution >= 0.6 is 0 Å². The molecule has 1 aromatic rings. The fraction of sp³-hybridized carbons (Fsp3) is 0.750. The van der Waals surface area contributed by atoms with Gasteiger partial charge >= 0.3 is 0 Å². The van der Waals surface area contributed by atoms with Crippen molar-refractivity contribution in [2.45, 2.75) is 50.5 Å². The molecule has 0 spiro atoms. The third-order valence-electron chi connectivity index (χ3n) is 3.97. The van der Waals surface area contributed by atoms with Crippen LogP contribution in [0.25, 0.3) is 0 Å². The quantitative estimate of drug-likeness (QED) is 0.914. The standard InChI is InChI=1S/C12H21N3O2S/c1-12(2)6-4-10(5-7-12)15(3)18(16,17)11-8-13-14-9-11/h8-10H,4-7H2,1-3H3,(H,13,14). The van der Waals surface area contributed by atoms with E-state index in [2.05, 4.69) is 24.0 Å². The molecule has 0 saturated heterocycles. The summed E-state index contributed by atoms with van der Waals surface area (Å²) in [5.41, 5.74) is 0.344. The lowest BCUT2D eigenvalue weighted by atomic mass is 9.76. The number of sulfonamides is 1. The largest absolute Gasteiger partial charge is 0.284 e. The molecule has 1 fully saturated rings. The number of nitrogens with one attached hydrogen (secondary N) is 1. The Labute approximate surface area is 109 Å². The summed E-state index contributed by atoms with van der Waals surface area (Å²) in [5, 5.41) is 6.26. The SMILES string of the molecule is CN(C1CCC(C)(C)CC1)S(=O)(=O)c1cn[nH]c1. The Kier molecular flexibility index (Phi) is 3.51. The first-order chi connectivity index (χ1) is 8.33. The zero-order valence-electron chi connectivity index (χ0n) is 11.2. The minimum absolute atomic E-state index is 0.109. The van der Waals surface area contributed by atoms with Gasteiger partial charge in [-0.3, -0.25) is 5.10 Å². The van der Waals surface area contributed by atoms with Crippen LogP contribution < -0.4 is 0 Å². The number of nitrogens with zero attached hydrogens (tertiary/aromatic N) is 2. The lowest BCUT2D eigenvalue weighted by molar-refractivity contribution is 0.174. The molecule has 1 aliphatic carbocycles. The van der Waals surface area contributed by atoms with Crippen molar-refractivity contribution in [3.63, 3.8) is 0 Å². The zero-order valence-corrected chi connectivity index (χ0v) is 12.0. The highest BCUT2D eigenvalue weighted by Gasteiger charge is 2.34. The summed E-state index contributed by atoms with van der Waals surface area (Å²) in [6, 6.07) is 0.109. The number of rotatable bonds is 3. The molecule has 0 bridgehead atoms. The summed E-state index contributed by atoms with van der Waals surface area (Å²) in [5.74, 6) is 0. The highest BCUT2D eigenvalue weighted by Crippen LogP contribution is 2.37. The first kappa shape index (κ1) is 13.5. The van der Waals surface area contributed by atoms with Crippen LogP contribution in [-0.2, 0) is 10.0 Å². The maximum absolute atomic E-state index is 12.3. The molecule has 18 heavy (non-hydrogen) atoms. The summed E-state index contributed by atoms with van der Waals surface area (Å²) in [7, 11) is -1.72. The average molecular weight is 271 g/mol. The Morgan fingerprint density at radius 2 is 2.00 bits per heavy atom. The van der Waals surface area contributed by atoms with E-state index in [9.17, 15) is 8.42 Å². The molecule has 0 unspecified atom stereocenters. The number of aromatic nitrogens is 2. The van der Waals surface area contributed by atoms with E-state index in [-0.39, 0.29) is 10.9 Å². The molecule has 1 aliphatic rings. The summed E-state index contributed by atoms with van der Waals surface area (Å²) in [6.07, 6.45) is 6.80. The van der Waals surface area contributed by atoms with Gasteiger partial charge in [-0.2, -0.15) is 9.40 Å². The number of hydrogen-bond acceptors (Lipinski definition) is 3. The maximum Gasteiger partial charge on any atom is 0.246 e. The summed E-state index contributed by atoms with van der Waals surface area (Å²) in [4.78, 5) is 0.245. The lowest BCUT2D eigenvalue weighted by Gasteiger charge is -2.37. The Balaban J connectivity index is 2.11. The molecular formula is C12H21N3O2S. The highest BCUT2D eigenvalue weighted by molar-refractivity contribution is 7.89. The predicted octanol–water partition coefficient (Wildman–Crippen LogP) is 2.00. The van der Waals surface area contributed by atoms with Gasteiger partial charge in [0.1, 0.15) is 4.90 Å². The third kappa shape index (κ3) is 2.59. The molecule has 0 atom stereocenters. The minimum Gasteiger partial charge on any atom is -0.284 e. The van der Waals surface area contributed by atoms with E-state index in [1.807, 2.05) is 0 Å². The molecular weight excluding hydrogens is 250 g/mol. The van der Waals surface area contributed by atoms with Gasteiger partial charge < -0.3 is 0 Å². The van der Waals surface area contributed by atoms with Crippen LogP contribution in [0.3, 0.4) is 0 Å². The van der Waals surface area contributed by atoms with Gasteiger partial charge in [0.15, 0.2) is 0 Å². The summed E-state index contributed by atoms with van der Waals surface area (Å²) < 4.78 is 26.1. The van der Waals surface area contributed by atoms with Crippen molar-refractivity contribution >= 4 is 10.0 Å². The van der Waals surface area contributed by atoms with Crippen molar-refractivity contribution in [1.82, 2.24) is 14.5 Å². The van der Waals surface area contributed by atoms with Gasteiger partial charge in [0.05, 0.1) is 6.20 Å². The van der Waals surface area contributed by atoms with Gasteiger partial charge in [-0.05, 0) is 31.1 Å². The van der Waals surface area contributed by atoms with Crippen LogP contribution in [0.15, 0.2) is 17.3 Å². The van der Waals surface area contributed by atoms with Gasteiger partial charge in [0, 0.05) is 19.3 Å². The molecule has 1 aromatic heterocycles. The monoisotopic (exact) mass is 271 g/mol. The molecule has 2 rings (SSSR count). The van der Waals surface area contributed by atoms with Gasteiger partial charge in [0.2, 0.25) is 10.0 Å². The molecule has 0 aromatic carbocycles. The van der Waals surface area contributed by atoms with Crippen molar-refractivity contribution in [1.29, 1.82) is 0 Å². The second-order valence-electron chi connectivity index (χ2n) is 5.85.